The number of alkyl halides is 6. The fourth-order valence-corrected chi connectivity index (χ4v) is 0.794. The minimum atomic E-state index is -5.05. The van der Waals surface area contributed by atoms with Crippen LogP contribution in [0.1, 0.15) is 0 Å². The SMILES string of the molecule is OCCOCC(OCC(O)C(F)(F)F)C(F)(F)F. The summed E-state index contributed by atoms with van der Waals surface area (Å²) >= 11 is 0. The lowest BCUT2D eigenvalue weighted by Gasteiger charge is -2.23. The van der Waals surface area contributed by atoms with E-state index in [-0.39, 0.29) is 0 Å². The summed E-state index contributed by atoms with van der Waals surface area (Å²) in [4.78, 5) is 0. The first-order valence-electron chi connectivity index (χ1n) is 4.70. The number of aliphatic hydroxyl groups excluding tert-OH is 2. The van der Waals surface area contributed by atoms with Gasteiger partial charge < -0.3 is 19.7 Å². The second-order valence-corrected chi connectivity index (χ2v) is 3.22. The van der Waals surface area contributed by atoms with Crippen LogP contribution in [0.3, 0.4) is 0 Å². The third-order valence-electron chi connectivity index (χ3n) is 1.70. The van der Waals surface area contributed by atoms with Gasteiger partial charge in [0.1, 0.15) is 0 Å². The zero-order valence-electron chi connectivity index (χ0n) is 8.96. The van der Waals surface area contributed by atoms with Gasteiger partial charge in [-0.1, -0.05) is 0 Å². The molecule has 0 aromatic carbocycles. The smallest absolute Gasteiger partial charge is 0.394 e. The van der Waals surface area contributed by atoms with E-state index in [1.807, 2.05) is 0 Å². The highest BCUT2D eigenvalue weighted by Crippen LogP contribution is 2.25. The Bertz CT molecular complexity index is 229. The van der Waals surface area contributed by atoms with Crippen molar-refractivity contribution in [3.8, 4) is 0 Å². The highest BCUT2D eigenvalue weighted by atomic mass is 19.4. The third-order valence-corrected chi connectivity index (χ3v) is 1.70. The highest BCUT2D eigenvalue weighted by Gasteiger charge is 2.44. The minimum Gasteiger partial charge on any atom is -0.394 e. The van der Waals surface area contributed by atoms with Crippen molar-refractivity contribution in [3.63, 3.8) is 0 Å². The fourth-order valence-electron chi connectivity index (χ4n) is 0.794. The molecule has 0 rings (SSSR count). The summed E-state index contributed by atoms with van der Waals surface area (Å²) in [5, 5.41) is 16.7. The van der Waals surface area contributed by atoms with E-state index in [4.69, 9.17) is 10.2 Å². The summed E-state index contributed by atoms with van der Waals surface area (Å²) in [6.07, 6.45) is -15.6. The Morgan fingerprint density at radius 2 is 1.50 bits per heavy atom. The maximum Gasteiger partial charge on any atom is 0.416 e. The lowest BCUT2D eigenvalue weighted by Crippen LogP contribution is -2.41. The van der Waals surface area contributed by atoms with Crippen LogP contribution >= 0.6 is 0 Å². The monoisotopic (exact) mass is 286 g/mol. The second-order valence-electron chi connectivity index (χ2n) is 3.22. The van der Waals surface area contributed by atoms with E-state index in [9.17, 15) is 26.3 Å². The lowest BCUT2D eigenvalue weighted by molar-refractivity contribution is -0.263. The van der Waals surface area contributed by atoms with Gasteiger partial charge in [-0.3, -0.25) is 0 Å². The van der Waals surface area contributed by atoms with Crippen LogP contribution in [-0.4, -0.2) is 61.2 Å². The zero-order chi connectivity index (χ0) is 14.4. The van der Waals surface area contributed by atoms with Crippen molar-refractivity contribution in [3.05, 3.63) is 0 Å². The molecule has 2 N–H and O–H groups in total. The van der Waals surface area contributed by atoms with E-state index in [0.717, 1.165) is 0 Å². The molecule has 0 saturated heterocycles. The number of ether oxygens (including phenoxy) is 2. The largest absolute Gasteiger partial charge is 0.416 e. The Labute approximate surface area is 98.1 Å². The first-order chi connectivity index (χ1) is 8.09. The van der Waals surface area contributed by atoms with E-state index < -0.39 is 51.0 Å². The molecule has 2 unspecified atom stereocenters. The van der Waals surface area contributed by atoms with Crippen LogP contribution in [0.15, 0.2) is 0 Å². The lowest BCUT2D eigenvalue weighted by atomic mass is 10.3. The van der Waals surface area contributed by atoms with Gasteiger partial charge in [0, 0.05) is 0 Å². The molecule has 2 atom stereocenters. The van der Waals surface area contributed by atoms with Gasteiger partial charge >= 0.3 is 12.4 Å². The number of rotatable bonds is 7. The van der Waals surface area contributed by atoms with Gasteiger partial charge in [0.2, 0.25) is 0 Å². The van der Waals surface area contributed by atoms with Crippen molar-refractivity contribution in [2.24, 2.45) is 0 Å². The number of hydrogen-bond donors (Lipinski definition) is 2. The van der Waals surface area contributed by atoms with Crippen LogP contribution < -0.4 is 0 Å². The van der Waals surface area contributed by atoms with Crippen LogP contribution in [0.2, 0.25) is 0 Å². The molecule has 0 fully saturated rings. The maximum atomic E-state index is 12.3. The van der Waals surface area contributed by atoms with Gasteiger partial charge in [0.15, 0.2) is 12.2 Å². The molecular formula is C8H12F6O4. The van der Waals surface area contributed by atoms with Gasteiger partial charge in [0.05, 0.1) is 26.4 Å². The first-order valence-corrected chi connectivity index (χ1v) is 4.70. The molecule has 0 aromatic rings. The average molecular weight is 286 g/mol. The molecule has 0 aliphatic rings. The maximum absolute atomic E-state index is 12.3. The molecular weight excluding hydrogens is 274 g/mol. The van der Waals surface area contributed by atoms with Crippen molar-refractivity contribution < 1.29 is 46.0 Å². The van der Waals surface area contributed by atoms with E-state index in [0.29, 0.717) is 0 Å². The first kappa shape index (κ1) is 17.4. The Kier molecular flexibility index (Phi) is 6.89. The van der Waals surface area contributed by atoms with Crippen molar-refractivity contribution in [2.45, 2.75) is 24.6 Å². The topological polar surface area (TPSA) is 58.9 Å². The van der Waals surface area contributed by atoms with Gasteiger partial charge in [-0.05, 0) is 0 Å². The van der Waals surface area contributed by atoms with E-state index >= 15 is 0 Å². The molecule has 0 saturated carbocycles. The predicted molar refractivity (Wildman–Crippen MR) is 45.8 cm³/mol. The zero-order valence-corrected chi connectivity index (χ0v) is 8.96. The Balaban J connectivity index is 4.26. The molecule has 4 nitrogen and oxygen atoms in total. The van der Waals surface area contributed by atoms with Crippen LogP contribution in [0.5, 0.6) is 0 Å². The second kappa shape index (κ2) is 7.12. The fraction of sp³-hybridized carbons (Fsp3) is 1.00. The number of hydrogen-bond acceptors (Lipinski definition) is 4. The van der Waals surface area contributed by atoms with Crippen molar-refractivity contribution in [1.29, 1.82) is 0 Å². The summed E-state index contributed by atoms with van der Waals surface area (Å²) in [7, 11) is 0. The minimum absolute atomic E-state index is 0.405. The summed E-state index contributed by atoms with van der Waals surface area (Å²) in [6, 6.07) is 0. The van der Waals surface area contributed by atoms with E-state index in [1.54, 1.807) is 0 Å². The van der Waals surface area contributed by atoms with Gasteiger partial charge in [-0.25, -0.2) is 0 Å². The van der Waals surface area contributed by atoms with Crippen LogP contribution in [0, 0.1) is 0 Å². The molecule has 0 amide bonds. The quantitative estimate of drug-likeness (QED) is 0.538. The summed E-state index contributed by atoms with van der Waals surface area (Å²) < 4.78 is 80.5. The Hall–Kier alpha value is -0.580. The Morgan fingerprint density at radius 1 is 0.944 bits per heavy atom. The molecule has 0 aromatic heterocycles. The number of halogens is 6. The molecule has 10 heteroatoms. The van der Waals surface area contributed by atoms with Crippen LogP contribution in [0.25, 0.3) is 0 Å². The van der Waals surface area contributed by atoms with Crippen molar-refractivity contribution in [2.75, 3.05) is 26.4 Å². The van der Waals surface area contributed by atoms with Crippen molar-refractivity contribution >= 4 is 0 Å². The standard InChI is InChI=1S/C8H12F6O4/c9-7(10,11)5(16)3-18-6(8(12,13)14)4-17-2-1-15/h5-6,15-16H,1-4H2. The molecule has 0 radical (unpaired) electrons. The normalized spacial score (nSPS) is 16.7. The molecule has 0 spiro atoms. The van der Waals surface area contributed by atoms with Crippen LogP contribution in [0.4, 0.5) is 26.3 Å². The summed E-state index contributed by atoms with van der Waals surface area (Å²) in [5.74, 6) is 0. The van der Waals surface area contributed by atoms with Crippen molar-refractivity contribution in [1.82, 2.24) is 0 Å². The molecule has 0 aliphatic heterocycles. The third kappa shape index (κ3) is 6.99. The van der Waals surface area contributed by atoms with Gasteiger partial charge in [0.25, 0.3) is 0 Å². The van der Waals surface area contributed by atoms with Crippen LogP contribution in [-0.2, 0) is 9.47 Å². The molecule has 18 heavy (non-hydrogen) atoms. The molecule has 0 heterocycles. The summed E-state index contributed by atoms with van der Waals surface area (Å²) in [6.45, 7) is -3.54. The molecule has 110 valence electrons. The van der Waals surface area contributed by atoms with Gasteiger partial charge in [-0.15, -0.1) is 0 Å². The van der Waals surface area contributed by atoms with E-state index in [1.165, 1.54) is 0 Å². The number of aliphatic hydroxyl groups is 2. The summed E-state index contributed by atoms with van der Waals surface area (Å²) in [5.41, 5.74) is 0. The molecule has 0 aliphatic carbocycles. The van der Waals surface area contributed by atoms with E-state index in [2.05, 4.69) is 9.47 Å². The predicted octanol–water partition coefficient (Wildman–Crippen LogP) is 0.866. The molecule has 0 bridgehead atoms. The van der Waals surface area contributed by atoms with Gasteiger partial charge in [-0.2, -0.15) is 26.3 Å². The Morgan fingerprint density at radius 3 is 1.89 bits per heavy atom. The highest BCUT2D eigenvalue weighted by molar-refractivity contribution is 4.70. The average Bonchev–Trinajstić information content (AvgIpc) is 2.19.